The van der Waals surface area contributed by atoms with Crippen LogP contribution in [0, 0.1) is 5.92 Å². The molecule has 1 aliphatic carbocycles. The summed E-state index contributed by atoms with van der Waals surface area (Å²) >= 11 is 0. The molecule has 0 aromatic rings. The fourth-order valence-corrected chi connectivity index (χ4v) is 1.78. The van der Waals surface area contributed by atoms with Crippen molar-refractivity contribution in [1.82, 2.24) is 10.6 Å². The van der Waals surface area contributed by atoms with Crippen LogP contribution in [-0.2, 0) is 4.74 Å². The minimum absolute atomic E-state index is 0.329. The molecule has 0 heterocycles. The zero-order chi connectivity index (χ0) is 11.6. The zero-order valence-corrected chi connectivity index (χ0v) is 10.00. The van der Waals surface area contributed by atoms with Gasteiger partial charge in [0.2, 0.25) is 0 Å². The van der Waals surface area contributed by atoms with Crippen LogP contribution in [0.15, 0.2) is 12.2 Å². The Kier molecular flexibility index (Phi) is 6.65. The number of amides is 1. The summed E-state index contributed by atoms with van der Waals surface area (Å²) in [5.74, 6) is 0.757. The number of carbonyl (C=O) groups is 1. The first kappa shape index (κ1) is 13.0. The summed E-state index contributed by atoms with van der Waals surface area (Å²) in [5, 5.41) is 6.03. The number of alkyl carbamates (subject to hydrolysis) is 1. The van der Waals surface area contributed by atoms with Crippen molar-refractivity contribution in [3.8, 4) is 0 Å². The maximum atomic E-state index is 10.9. The molecular weight excluding hydrogens is 204 g/mol. The molecule has 0 aromatic carbocycles. The van der Waals surface area contributed by atoms with E-state index in [1.54, 1.807) is 6.92 Å². The van der Waals surface area contributed by atoms with E-state index in [0.29, 0.717) is 13.2 Å². The van der Waals surface area contributed by atoms with Crippen LogP contribution >= 0.6 is 0 Å². The molecule has 92 valence electrons. The normalized spacial score (nSPS) is 19.4. The number of hydrogen-bond acceptors (Lipinski definition) is 3. The molecule has 16 heavy (non-hydrogen) atoms. The van der Waals surface area contributed by atoms with Gasteiger partial charge in [0.05, 0.1) is 6.61 Å². The van der Waals surface area contributed by atoms with Gasteiger partial charge in [-0.2, -0.15) is 0 Å². The number of hydrogen-bond donors (Lipinski definition) is 2. The Morgan fingerprint density at radius 1 is 1.44 bits per heavy atom. The third-order valence-electron chi connectivity index (χ3n) is 2.66. The Hall–Kier alpha value is -1.03. The van der Waals surface area contributed by atoms with E-state index < -0.39 is 0 Å². The van der Waals surface area contributed by atoms with E-state index >= 15 is 0 Å². The highest BCUT2D eigenvalue weighted by Gasteiger charge is 2.08. The van der Waals surface area contributed by atoms with Gasteiger partial charge < -0.3 is 15.4 Å². The third-order valence-corrected chi connectivity index (χ3v) is 2.66. The molecule has 1 amide bonds. The van der Waals surface area contributed by atoms with Crippen LogP contribution < -0.4 is 10.6 Å². The average Bonchev–Trinajstić information content (AvgIpc) is 2.30. The topological polar surface area (TPSA) is 50.4 Å². The predicted octanol–water partition coefficient (Wildman–Crippen LogP) is 1.68. The number of rotatable bonds is 6. The molecule has 4 nitrogen and oxygen atoms in total. The summed E-state index contributed by atoms with van der Waals surface area (Å²) in [7, 11) is 0. The second-order valence-corrected chi connectivity index (χ2v) is 4.00. The van der Waals surface area contributed by atoms with Gasteiger partial charge in [-0.15, -0.1) is 0 Å². The first-order chi connectivity index (χ1) is 7.83. The summed E-state index contributed by atoms with van der Waals surface area (Å²) in [6, 6.07) is 0. The second-order valence-electron chi connectivity index (χ2n) is 4.00. The molecule has 0 spiro atoms. The monoisotopic (exact) mass is 226 g/mol. The van der Waals surface area contributed by atoms with Crippen molar-refractivity contribution in [2.24, 2.45) is 5.92 Å². The second kappa shape index (κ2) is 8.16. The summed E-state index contributed by atoms with van der Waals surface area (Å²) in [4.78, 5) is 10.9. The highest BCUT2D eigenvalue weighted by molar-refractivity contribution is 5.66. The van der Waals surface area contributed by atoms with Gasteiger partial charge in [-0.25, -0.2) is 4.79 Å². The van der Waals surface area contributed by atoms with Crippen molar-refractivity contribution < 1.29 is 9.53 Å². The van der Waals surface area contributed by atoms with Crippen LogP contribution in [0.2, 0.25) is 0 Å². The van der Waals surface area contributed by atoms with Crippen molar-refractivity contribution in [3.05, 3.63) is 12.2 Å². The Morgan fingerprint density at radius 3 is 3.00 bits per heavy atom. The SMILES string of the molecule is CCOC(=O)NCCNCC1CC=CCC1. The molecule has 0 bridgehead atoms. The van der Waals surface area contributed by atoms with Gasteiger partial charge in [-0.1, -0.05) is 12.2 Å². The molecule has 1 unspecified atom stereocenters. The molecule has 4 heteroatoms. The van der Waals surface area contributed by atoms with Crippen molar-refractivity contribution >= 4 is 6.09 Å². The third kappa shape index (κ3) is 5.75. The predicted molar refractivity (Wildman–Crippen MR) is 64.4 cm³/mol. The van der Waals surface area contributed by atoms with E-state index in [0.717, 1.165) is 19.0 Å². The summed E-state index contributed by atoms with van der Waals surface area (Å²) < 4.78 is 4.75. The van der Waals surface area contributed by atoms with Crippen LogP contribution in [0.4, 0.5) is 4.79 Å². The lowest BCUT2D eigenvalue weighted by Crippen LogP contribution is -2.34. The molecule has 0 fully saturated rings. The summed E-state index contributed by atoms with van der Waals surface area (Å²) in [6.07, 6.45) is 7.83. The van der Waals surface area contributed by atoms with Crippen molar-refractivity contribution in [2.75, 3.05) is 26.2 Å². The van der Waals surface area contributed by atoms with Gasteiger partial charge in [-0.3, -0.25) is 0 Å². The minimum atomic E-state index is -0.329. The van der Waals surface area contributed by atoms with Crippen molar-refractivity contribution in [2.45, 2.75) is 26.2 Å². The molecule has 0 radical (unpaired) electrons. The van der Waals surface area contributed by atoms with Gasteiger partial charge in [0.25, 0.3) is 0 Å². The zero-order valence-electron chi connectivity index (χ0n) is 10.00. The van der Waals surface area contributed by atoms with Crippen molar-refractivity contribution in [1.29, 1.82) is 0 Å². The Labute approximate surface area is 97.4 Å². The smallest absolute Gasteiger partial charge is 0.407 e. The Bertz CT molecular complexity index is 229. The lowest BCUT2D eigenvalue weighted by atomic mass is 9.94. The number of carbonyl (C=O) groups excluding carboxylic acids is 1. The van der Waals surface area contributed by atoms with E-state index in [4.69, 9.17) is 4.74 Å². The van der Waals surface area contributed by atoms with Crippen LogP contribution in [0.25, 0.3) is 0 Å². The lowest BCUT2D eigenvalue weighted by molar-refractivity contribution is 0.152. The minimum Gasteiger partial charge on any atom is -0.450 e. The fourth-order valence-electron chi connectivity index (χ4n) is 1.78. The highest BCUT2D eigenvalue weighted by atomic mass is 16.5. The average molecular weight is 226 g/mol. The number of ether oxygens (including phenoxy) is 1. The lowest BCUT2D eigenvalue weighted by Gasteiger charge is -2.18. The van der Waals surface area contributed by atoms with Crippen LogP contribution in [0.1, 0.15) is 26.2 Å². The highest BCUT2D eigenvalue weighted by Crippen LogP contribution is 2.16. The quantitative estimate of drug-likeness (QED) is 0.535. The van der Waals surface area contributed by atoms with E-state index in [2.05, 4.69) is 22.8 Å². The molecule has 0 saturated heterocycles. The Morgan fingerprint density at radius 2 is 2.31 bits per heavy atom. The molecule has 0 saturated carbocycles. The first-order valence-corrected chi connectivity index (χ1v) is 6.09. The molecule has 1 atom stereocenters. The molecule has 2 N–H and O–H groups in total. The van der Waals surface area contributed by atoms with Gasteiger partial charge in [-0.05, 0) is 38.6 Å². The molecule has 1 aliphatic rings. The molecular formula is C12H22N2O2. The van der Waals surface area contributed by atoms with E-state index in [1.165, 1.54) is 19.3 Å². The van der Waals surface area contributed by atoms with Crippen LogP contribution in [0.3, 0.4) is 0 Å². The van der Waals surface area contributed by atoms with E-state index in [9.17, 15) is 4.79 Å². The Balaban J connectivity index is 1.91. The van der Waals surface area contributed by atoms with Gasteiger partial charge >= 0.3 is 6.09 Å². The molecule has 0 aliphatic heterocycles. The van der Waals surface area contributed by atoms with Crippen LogP contribution in [-0.4, -0.2) is 32.3 Å². The summed E-state index contributed by atoms with van der Waals surface area (Å²) in [5.41, 5.74) is 0. The molecule has 1 rings (SSSR count). The van der Waals surface area contributed by atoms with Gasteiger partial charge in [0, 0.05) is 13.1 Å². The molecule has 0 aromatic heterocycles. The number of allylic oxidation sites excluding steroid dienone is 2. The number of nitrogens with one attached hydrogen (secondary N) is 2. The summed E-state index contributed by atoms with van der Waals surface area (Å²) in [6.45, 7) is 4.69. The van der Waals surface area contributed by atoms with Gasteiger partial charge in [0.1, 0.15) is 0 Å². The van der Waals surface area contributed by atoms with Crippen molar-refractivity contribution in [3.63, 3.8) is 0 Å². The maximum absolute atomic E-state index is 10.9. The van der Waals surface area contributed by atoms with Gasteiger partial charge in [0.15, 0.2) is 0 Å². The fraction of sp³-hybridized carbons (Fsp3) is 0.750. The van der Waals surface area contributed by atoms with E-state index in [1.807, 2.05) is 0 Å². The van der Waals surface area contributed by atoms with E-state index in [-0.39, 0.29) is 6.09 Å². The standard InChI is InChI=1S/C12H22N2O2/c1-2-16-12(15)14-9-8-13-10-11-6-4-3-5-7-11/h3-4,11,13H,2,5-10H2,1H3,(H,14,15). The largest absolute Gasteiger partial charge is 0.450 e. The maximum Gasteiger partial charge on any atom is 0.407 e. The first-order valence-electron chi connectivity index (χ1n) is 6.09. The van der Waals surface area contributed by atoms with Crippen LogP contribution in [0.5, 0.6) is 0 Å².